The van der Waals surface area contributed by atoms with Gasteiger partial charge in [0.05, 0.1) is 46.5 Å². The molecule has 7 nitrogen and oxygen atoms in total. The maximum absolute atomic E-state index is 14.0. The van der Waals surface area contributed by atoms with E-state index in [4.69, 9.17) is 16.3 Å². The standard InChI is InChI=1S/C25H33ClN2O5S/c1-5-33-24(32)19-18-11-14(4)25(34-18)20(19)23(31)28(15(12-29)10-13(2)3)21(25)22(30)27-17-9-7-6-8-16(17)26/h6-9,13-15,18-21,29H,5,10-12H2,1-4H3,(H,27,30)/t14?,15-,18-,19+,20+,21?,25?/m1/s1. The quantitative estimate of drug-likeness (QED) is 0.521. The van der Waals surface area contributed by atoms with Crippen molar-refractivity contribution in [1.82, 2.24) is 4.90 Å². The smallest absolute Gasteiger partial charge is 0.310 e. The van der Waals surface area contributed by atoms with Crippen LogP contribution in [-0.2, 0) is 19.1 Å². The Morgan fingerprint density at radius 1 is 1.35 bits per heavy atom. The molecule has 3 fully saturated rings. The number of ether oxygens (including phenoxy) is 1. The molecule has 3 heterocycles. The minimum Gasteiger partial charge on any atom is -0.466 e. The first-order valence-corrected chi connectivity index (χ1v) is 13.3. The number of hydrogen-bond acceptors (Lipinski definition) is 6. The molecule has 186 valence electrons. The third-order valence-electron chi connectivity index (χ3n) is 7.47. The lowest BCUT2D eigenvalue weighted by Gasteiger charge is -2.40. The molecule has 1 aromatic carbocycles. The topological polar surface area (TPSA) is 95.9 Å². The second-order valence-corrected chi connectivity index (χ2v) is 11.9. The predicted octanol–water partition coefficient (Wildman–Crippen LogP) is 3.59. The number of carbonyl (C=O) groups is 3. The number of anilines is 1. The molecule has 3 aliphatic rings. The number of aliphatic hydroxyl groups is 1. The Labute approximate surface area is 209 Å². The van der Waals surface area contributed by atoms with Gasteiger partial charge in [0.1, 0.15) is 6.04 Å². The summed E-state index contributed by atoms with van der Waals surface area (Å²) in [6.07, 6.45) is 1.28. The number of para-hydroxylation sites is 1. The van der Waals surface area contributed by atoms with Crippen LogP contribution in [0.2, 0.25) is 5.02 Å². The Balaban J connectivity index is 1.79. The summed E-state index contributed by atoms with van der Waals surface area (Å²) in [7, 11) is 0. The number of halogens is 1. The van der Waals surface area contributed by atoms with E-state index in [9.17, 15) is 19.5 Å². The van der Waals surface area contributed by atoms with E-state index in [2.05, 4.69) is 12.2 Å². The summed E-state index contributed by atoms with van der Waals surface area (Å²) in [5.74, 6) is -1.95. The summed E-state index contributed by atoms with van der Waals surface area (Å²) in [6.45, 7) is 7.84. The normalized spacial score (nSPS) is 32.7. The third kappa shape index (κ3) is 3.91. The minimum absolute atomic E-state index is 0.0347. The maximum atomic E-state index is 14.0. The second-order valence-electron chi connectivity index (χ2n) is 9.99. The van der Waals surface area contributed by atoms with Crippen LogP contribution in [0.5, 0.6) is 0 Å². The Morgan fingerprint density at radius 3 is 2.68 bits per heavy atom. The largest absolute Gasteiger partial charge is 0.466 e. The highest BCUT2D eigenvalue weighted by Gasteiger charge is 2.76. The van der Waals surface area contributed by atoms with Gasteiger partial charge in [-0.2, -0.15) is 0 Å². The van der Waals surface area contributed by atoms with Gasteiger partial charge in [-0.15, -0.1) is 11.8 Å². The van der Waals surface area contributed by atoms with E-state index in [1.165, 1.54) is 0 Å². The molecule has 0 saturated carbocycles. The fraction of sp³-hybridized carbons (Fsp3) is 0.640. The first kappa shape index (κ1) is 25.3. The summed E-state index contributed by atoms with van der Waals surface area (Å²) in [5, 5.41) is 13.6. The monoisotopic (exact) mass is 508 g/mol. The lowest BCUT2D eigenvalue weighted by Crippen LogP contribution is -2.57. The van der Waals surface area contributed by atoms with Gasteiger partial charge in [-0.1, -0.05) is 44.5 Å². The van der Waals surface area contributed by atoms with Crippen molar-refractivity contribution in [2.24, 2.45) is 23.7 Å². The highest BCUT2D eigenvalue weighted by molar-refractivity contribution is 8.02. The Kier molecular flexibility index (Phi) is 7.23. The van der Waals surface area contributed by atoms with Crippen molar-refractivity contribution >= 4 is 46.8 Å². The number of carbonyl (C=O) groups excluding carboxylic acids is 3. The van der Waals surface area contributed by atoms with Crippen LogP contribution >= 0.6 is 23.4 Å². The number of thioether (sulfide) groups is 1. The second kappa shape index (κ2) is 9.70. The summed E-state index contributed by atoms with van der Waals surface area (Å²) >= 11 is 7.90. The van der Waals surface area contributed by atoms with Crippen LogP contribution in [0.1, 0.15) is 40.5 Å². The van der Waals surface area contributed by atoms with Gasteiger partial charge in [-0.3, -0.25) is 14.4 Å². The van der Waals surface area contributed by atoms with Gasteiger partial charge in [0.2, 0.25) is 11.8 Å². The van der Waals surface area contributed by atoms with E-state index < -0.39 is 28.7 Å². The number of hydrogen-bond donors (Lipinski definition) is 2. The summed E-state index contributed by atoms with van der Waals surface area (Å²) in [5.41, 5.74) is 0.470. The van der Waals surface area contributed by atoms with E-state index in [0.29, 0.717) is 17.1 Å². The third-order valence-corrected chi connectivity index (χ3v) is 9.88. The van der Waals surface area contributed by atoms with Gasteiger partial charge in [-0.25, -0.2) is 0 Å². The highest BCUT2D eigenvalue weighted by Crippen LogP contribution is 2.69. The number of amides is 2. The molecule has 0 aliphatic carbocycles. The van der Waals surface area contributed by atoms with Crippen LogP contribution in [0.25, 0.3) is 0 Å². The molecule has 34 heavy (non-hydrogen) atoms. The lowest BCUT2D eigenvalue weighted by molar-refractivity contribution is -0.154. The molecule has 3 aliphatic heterocycles. The fourth-order valence-electron chi connectivity index (χ4n) is 6.24. The van der Waals surface area contributed by atoms with Gasteiger partial charge >= 0.3 is 5.97 Å². The Bertz CT molecular complexity index is 974. The average Bonchev–Trinajstić information content (AvgIpc) is 3.37. The molecule has 3 saturated heterocycles. The number of likely N-dealkylation sites (tertiary alicyclic amines) is 1. The minimum atomic E-state index is -0.832. The number of nitrogens with one attached hydrogen (secondary N) is 1. The zero-order chi connectivity index (χ0) is 24.8. The predicted molar refractivity (Wildman–Crippen MR) is 133 cm³/mol. The van der Waals surface area contributed by atoms with E-state index >= 15 is 0 Å². The molecular weight excluding hydrogens is 476 g/mol. The van der Waals surface area contributed by atoms with Crippen LogP contribution in [0.3, 0.4) is 0 Å². The van der Waals surface area contributed by atoms with Gasteiger partial charge in [0.15, 0.2) is 0 Å². The summed E-state index contributed by atoms with van der Waals surface area (Å²) < 4.78 is 4.60. The van der Waals surface area contributed by atoms with Crippen molar-refractivity contribution in [1.29, 1.82) is 0 Å². The lowest BCUT2D eigenvalue weighted by atomic mass is 9.66. The van der Waals surface area contributed by atoms with E-state index in [0.717, 1.165) is 6.42 Å². The van der Waals surface area contributed by atoms with E-state index in [-0.39, 0.29) is 48.1 Å². The Morgan fingerprint density at radius 2 is 2.06 bits per heavy atom. The molecule has 1 spiro atoms. The number of fused-ring (bicyclic) bond motifs is 1. The molecule has 2 amide bonds. The van der Waals surface area contributed by atoms with Crippen LogP contribution in [0.15, 0.2) is 24.3 Å². The van der Waals surface area contributed by atoms with Crippen molar-refractivity contribution in [3.63, 3.8) is 0 Å². The fourth-order valence-corrected chi connectivity index (χ4v) is 8.82. The van der Waals surface area contributed by atoms with Crippen molar-refractivity contribution in [3.8, 4) is 0 Å². The molecule has 9 heteroatoms. The first-order chi connectivity index (χ1) is 16.2. The van der Waals surface area contributed by atoms with Crippen LogP contribution in [-0.4, -0.2) is 63.1 Å². The number of aliphatic hydroxyl groups excluding tert-OH is 1. The van der Waals surface area contributed by atoms with Crippen molar-refractivity contribution < 1.29 is 24.2 Å². The van der Waals surface area contributed by atoms with Crippen LogP contribution in [0, 0.1) is 23.7 Å². The van der Waals surface area contributed by atoms with Crippen LogP contribution < -0.4 is 5.32 Å². The van der Waals surface area contributed by atoms with Gasteiger partial charge in [0, 0.05) is 5.25 Å². The van der Waals surface area contributed by atoms with E-state index in [1.54, 1.807) is 47.9 Å². The molecule has 0 aromatic heterocycles. The SMILES string of the molecule is CCOC(=O)[C@@H]1[C@H]2C(=O)N([C@@H](CO)CC(C)C)C(C(=O)Nc3ccccc3Cl)C23S[C@@H]1CC3C. The molecule has 1 aromatic rings. The molecule has 3 unspecified atom stereocenters. The van der Waals surface area contributed by atoms with Crippen molar-refractivity contribution in [2.45, 2.75) is 62.6 Å². The summed E-state index contributed by atoms with van der Waals surface area (Å²) in [6, 6.07) is 5.62. The van der Waals surface area contributed by atoms with Gasteiger partial charge in [-0.05, 0) is 43.7 Å². The molecule has 2 N–H and O–H groups in total. The maximum Gasteiger partial charge on any atom is 0.310 e. The van der Waals surface area contributed by atoms with Crippen LogP contribution in [0.4, 0.5) is 5.69 Å². The number of benzene rings is 1. The van der Waals surface area contributed by atoms with Crippen molar-refractivity contribution in [2.75, 3.05) is 18.5 Å². The molecule has 0 radical (unpaired) electrons. The molecule has 7 atom stereocenters. The average molecular weight is 509 g/mol. The highest BCUT2D eigenvalue weighted by atomic mass is 35.5. The zero-order valence-corrected chi connectivity index (χ0v) is 21.6. The molecule has 2 bridgehead atoms. The van der Waals surface area contributed by atoms with Gasteiger partial charge < -0.3 is 20.1 Å². The molecular formula is C25H33ClN2O5S. The van der Waals surface area contributed by atoms with Crippen molar-refractivity contribution in [3.05, 3.63) is 29.3 Å². The number of rotatable bonds is 8. The Hall–Kier alpha value is -1.77. The van der Waals surface area contributed by atoms with Gasteiger partial charge in [0.25, 0.3) is 0 Å². The summed E-state index contributed by atoms with van der Waals surface area (Å²) in [4.78, 5) is 42.5. The number of nitrogens with zero attached hydrogens (tertiary/aromatic N) is 1. The zero-order valence-electron chi connectivity index (χ0n) is 20.0. The number of esters is 1. The molecule has 4 rings (SSSR count). The van der Waals surface area contributed by atoms with E-state index in [1.807, 2.05) is 13.8 Å². The first-order valence-electron chi connectivity index (χ1n) is 12.0.